The van der Waals surface area contributed by atoms with E-state index in [0.29, 0.717) is 5.82 Å². The second kappa shape index (κ2) is 14.9. The van der Waals surface area contributed by atoms with E-state index in [2.05, 4.69) is 180 Å². The molecule has 0 aliphatic heterocycles. The van der Waals surface area contributed by atoms with Crippen molar-refractivity contribution in [3.8, 4) is 78.4 Å². The van der Waals surface area contributed by atoms with E-state index in [-0.39, 0.29) is 0 Å². The fourth-order valence-corrected chi connectivity index (χ4v) is 7.10. The molecule has 54 heavy (non-hydrogen) atoms. The van der Waals surface area contributed by atoms with E-state index in [9.17, 15) is 0 Å². The van der Waals surface area contributed by atoms with Crippen LogP contribution in [0.4, 0.5) is 0 Å². The van der Waals surface area contributed by atoms with Gasteiger partial charge >= 0.3 is 0 Å². The summed E-state index contributed by atoms with van der Waals surface area (Å²) >= 11 is 0. The van der Waals surface area contributed by atoms with Crippen LogP contribution in [-0.4, -0.2) is 19.9 Å². The van der Waals surface area contributed by atoms with Gasteiger partial charge in [0, 0.05) is 34.6 Å². The molecule has 0 saturated heterocycles. The summed E-state index contributed by atoms with van der Waals surface area (Å²) in [6, 6.07) is 55.8. The molecule has 2 aromatic heterocycles. The molecular weight excluding hydrogens is 657 g/mol. The van der Waals surface area contributed by atoms with E-state index >= 15 is 0 Å². The third-order valence-corrected chi connectivity index (χ3v) is 9.85. The highest BCUT2D eigenvalue weighted by Gasteiger charge is 2.16. The molecule has 4 nitrogen and oxygen atoms in total. The van der Waals surface area contributed by atoms with Gasteiger partial charge in [-0.05, 0) is 111 Å². The first kappa shape index (κ1) is 32.8. The van der Waals surface area contributed by atoms with Crippen LogP contribution in [0.15, 0.2) is 195 Å². The Morgan fingerprint density at radius 2 is 0.815 bits per heavy atom. The standard InChI is InChI=1S/C50H36N4/c1-5-14-35(15-6-1)41-25-42(36-16-7-2-8-17-36)28-45(27-41)48-31-49(54-50(53-48)40-23-13-22-39(24-40)47-32-51-34-52-33-47)46-29-43(37-18-9-3-10-19-37)26-44(30-46)38-20-11-4-12-21-38/h1-3,5-11,13-34H,4,12H2. The van der Waals surface area contributed by atoms with Crippen LogP contribution in [0, 0.1) is 0 Å². The minimum Gasteiger partial charge on any atom is -0.244 e. The van der Waals surface area contributed by atoms with Crippen LogP contribution >= 0.6 is 0 Å². The van der Waals surface area contributed by atoms with Gasteiger partial charge < -0.3 is 0 Å². The normalized spacial score (nSPS) is 12.3. The topological polar surface area (TPSA) is 51.6 Å². The SMILES string of the molecule is C1=CC(c2cc(-c3ccccc3)cc(-c3cc(-c4cc(-c5ccccc5)cc(-c5ccccc5)c4)nc(-c4cccc(-c5cncnc5)c4)n3)c2)=CCC1. The van der Waals surface area contributed by atoms with Gasteiger partial charge in [-0.3, -0.25) is 0 Å². The number of aromatic nitrogens is 4. The maximum Gasteiger partial charge on any atom is 0.160 e. The number of allylic oxidation sites excluding steroid dienone is 4. The molecule has 0 amide bonds. The fourth-order valence-electron chi connectivity index (χ4n) is 7.10. The van der Waals surface area contributed by atoms with Crippen LogP contribution in [0.25, 0.3) is 84.0 Å². The van der Waals surface area contributed by atoms with E-state index < -0.39 is 0 Å². The molecule has 0 unspecified atom stereocenters. The van der Waals surface area contributed by atoms with Crippen LogP contribution in [0.2, 0.25) is 0 Å². The molecule has 256 valence electrons. The van der Waals surface area contributed by atoms with Gasteiger partial charge in [-0.1, -0.05) is 127 Å². The molecule has 4 heteroatoms. The zero-order chi connectivity index (χ0) is 36.1. The molecule has 1 aliphatic carbocycles. The van der Waals surface area contributed by atoms with Gasteiger partial charge in [0.2, 0.25) is 0 Å². The van der Waals surface area contributed by atoms with Crippen molar-refractivity contribution in [3.05, 3.63) is 200 Å². The minimum absolute atomic E-state index is 0.649. The minimum atomic E-state index is 0.649. The Labute approximate surface area is 316 Å². The average molecular weight is 693 g/mol. The molecule has 2 heterocycles. The van der Waals surface area contributed by atoms with Crippen molar-refractivity contribution in [2.45, 2.75) is 12.8 Å². The summed E-state index contributed by atoms with van der Waals surface area (Å²) < 4.78 is 0. The van der Waals surface area contributed by atoms with E-state index in [1.54, 1.807) is 6.33 Å². The summed E-state index contributed by atoms with van der Waals surface area (Å²) in [5.41, 5.74) is 15.9. The Hall–Kier alpha value is -7.04. The van der Waals surface area contributed by atoms with Crippen LogP contribution in [0.1, 0.15) is 18.4 Å². The Balaban J connectivity index is 1.28. The molecule has 1 aliphatic rings. The van der Waals surface area contributed by atoms with Gasteiger partial charge in [0.05, 0.1) is 11.4 Å². The number of hydrogen-bond donors (Lipinski definition) is 0. The summed E-state index contributed by atoms with van der Waals surface area (Å²) in [4.78, 5) is 19.2. The first-order valence-corrected chi connectivity index (χ1v) is 18.3. The summed E-state index contributed by atoms with van der Waals surface area (Å²) in [7, 11) is 0. The van der Waals surface area contributed by atoms with Crippen molar-refractivity contribution >= 4 is 5.57 Å². The summed E-state index contributed by atoms with van der Waals surface area (Å²) in [6.07, 6.45) is 14.2. The molecule has 9 rings (SSSR count). The summed E-state index contributed by atoms with van der Waals surface area (Å²) in [6.45, 7) is 0. The predicted molar refractivity (Wildman–Crippen MR) is 222 cm³/mol. The van der Waals surface area contributed by atoms with Gasteiger partial charge in [-0.2, -0.15) is 0 Å². The predicted octanol–water partition coefficient (Wildman–Crippen LogP) is 12.7. The molecule has 8 aromatic rings. The van der Waals surface area contributed by atoms with Gasteiger partial charge in [0.15, 0.2) is 5.82 Å². The molecule has 0 bridgehead atoms. The van der Waals surface area contributed by atoms with Gasteiger partial charge in [-0.25, -0.2) is 19.9 Å². The highest BCUT2D eigenvalue weighted by Crippen LogP contribution is 2.37. The van der Waals surface area contributed by atoms with Crippen molar-refractivity contribution in [3.63, 3.8) is 0 Å². The highest BCUT2D eigenvalue weighted by atomic mass is 14.9. The fraction of sp³-hybridized carbons (Fsp3) is 0.0400. The number of hydrogen-bond acceptors (Lipinski definition) is 4. The van der Waals surface area contributed by atoms with Crippen molar-refractivity contribution in [2.24, 2.45) is 0 Å². The second-order valence-corrected chi connectivity index (χ2v) is 13.5. The first-order valence-electron chi connectivity index (χ1n) is 18.3. The molecule has 0 saturated carbocycles. The lowest BCUT2D eigenvalue weighted by molar-refractivity contribution is 1.04. The van der Waals surface area contributed by atoms with Gasteiger partial charge in [0.25, 0.3) is 0 Å². The third-order valence-electron chi connectivity index (χ3n) is 9.85. The quantitative estimate of drug-likeness (QED) is 0.159. The van der Waals surface area contributed by atoms with Gasteiger partial charge in [0.1, 0.15) is 6.33 Å². The smallest absolute Gasteiger partial charge is 0.160 e. The molecule has 0 fully saturated rings. The van der Waals surface area contributed by atoms with Crippen molar-refractivity contribution in [1.82, 2.24) is 19.9 Å². The second-order valence-electron chi connectivity index (χ2n) is 13.5. The number of rotatable bonds is 8. The molecule has 6 aromatic carbocycles. The zero-order valence-electron chi connectivity index (χ0n) is 29.7. The molecule has 0 atom stereocenters. The van der Waals surface area contributed by atoms with Crippen LogP contribution in [0.5, 0.6) is 0 Å². The van der Waals surface area contributed by atoms with Crippen molar-refractivity contribution in [1.29, 1.82) is 0 Å². The maximum absolute atomic E-state index is 5.34. The molecule has 0 radical (unpaired) electrons. The average Bonchev–Trinajstić information content (AvgIpc) is 3.27. The molecule has 0 N–H and O–H groups in total. The monoisotopic (exact) mass is 692 g/mol. The Morgan fingerprint density at radius 1 is 0.352 bits per heavy atom. The number of benzene rings is 6. The Bertz CT molecular complexity index is 2570. The van der Waals surface area contributed by atoms with Crippen LogP contribution in [-0.2, 0) is 0 Å². The van der Waals surface area contributed by atoms with E-state index in [1.807, 2.05) is 18.5 Å². The summed E-state index contributed by atoms with van der Waals surface area (Å²) in [5, 5.41) is 0. The van der Waals surface area contributed by atoms with E-state index in [4.69, 9.17) is 9.97 Å². The molecule has 0 spiro atoms. The highest BCUT2D eigenvalue weighted by molar-refractivity contribution is 5.86. The first-order chi connectivity index (χ1) is 26.7. The molecular formula is C50H36N4. The van der Waals surface area contributed by atoms with Crippen LogP contribution < -0.4 is 0 Å². The largest absolute Gasteiger partial charge is 0.244 e. The lowest BCUT2D eigenvalue weighted by atomic mass is 9.92. The van der Waals surface area contributed by atoms with Crippen LogP contribution in [0.3, 0.4) is 0 Å². The van der Waals surface area contributed by atoms with E-state index in [0.717, 1.165) is 85.4 Å². The maximum atomic E-state index is 5.34. The van der Waals surface area contributed by atoms with E-state index in [1.165, 1.54) is 11.1 Å². The lowest BCUT2D eigenvalue weighted by Gasteiger charge is -2.15. The Kier molecular flexibility index (Phi) is 9.06. The zero-order valence-corrected chi connectivity index (χ0v) is 29.7. The Morgan fingerprint density at radius 3 is 1.35 bits per heavy atom. The lowest BCUT2D eigenvalue weighted by Crippen LogP contribution is -1.98. The number of nitrogens with zero attached hydrogens (tertiary/aromatic N) is 4. The van der Waals surface area contributed by atoms with Crippen molar-refractivity contribution < 1.29 is 0 Å². The third kappa shape index (κ3) is 7.06. The van der Waals surface area contributed by atoms with Crippen molar-refractivity contribution in [2.75, 3.05) is 0 Å². The van der Waals surface area contributed by atoms with Gasteiger partial charge in [-0.15, -0.1) is 0 Å². The summed E-state index contributed by atoms with van der Waals surface area (Å²) in [5.74, 6) is 0.649.